The highest BCUT2D eigenvalue weighted by Crippen LogP contribution is 2.33. The first-order valence-corrected chi connectivity index (χ1v) is 9.53. The van der Waals surface area contributed by atoms with Crippen LogP contribution < -0.4 is 14.8 Å². The summed E-state index contributed by atoms with van der Waals surface area (Å²) in [5.74, 6) is 2.76. The number of nitrogens with one attached hydrogen (secondary N) is 1. The Morgan fingerprint density at radius 3 is 2.85 bits per heavy atom. The molecule has 1 aromatic rings. The number of ether oxygens (including phenoxy) is 3. The van der Waals surface area contributed by atoms with Gasteiger partial charge in [0.1, 0.15) is 0 Å². The minimum atomic E-state index is 0.200. The summed E-state index contributed by atoms with van der Waals surface area (Å²) in [5.41, 5.74) is 1.05. The normalized spacial score (nSPS) is 17.9. The number of rotatable bonds is 8. The Kier molecular flexibility index (Phi) is 6.74. The van der Waals surface area contributed by atoms with Crippen molar-refractivity contribution in [1.82, 2.24) is 10.2 Å². The van der Waals surface area contributed by atoms with Gasteiger partial charge in [-0.2, -0.15) is 0 Å². The van der Waals surface area contributed by atoms with Crippen molar-refractivity contribution in [2.45, 2.75) is 32.7 Å². The Morgan fingerprint density at radius 1 is 1.31 bits per heavy atom. The Bertz CT molecular complexity index is 601. The fourth-order valence-electron chi connectivity index (χ4n) is 3.74. The van der Waals surface area contributed by atoms with Crippen LogP contribution in [0.5, 0.6) is 11.5 Å². The number of fused-ring (bicyclic) bond motifs is 1. The molecule has 0 radical (unpaired) electrons. The van der Waals surface area contributed by atoms with Crippen LogP contribution in [0.25, 0.3) is 0 Å². The minimum absolute atomic E-state index is 0.200. The second kappa shape index (κ2) is 9.24. The molecule has 0 saturated carbocycles. The van der Waals surface area contributed by atoms with Gasteiger partial charge in [0, 0.05) is 26.6 Å². The van der Waals surface area contributed by atoms with Crippen molar-refractivity contribution in [3.8, 4) is 11.5 Å². The number of amides is 1. The molecule has 1 saturated heterocycles. The first kappa shape index (κ1) is 19.0. The minimum Gasteiger partial charge on any atom is -0.454 e. The van der Waals surface area contributed by atoms with Gasteiger partial charge >= 0.3 is 0 Å². The van der Waals surface area contributed by atoms with Gasteiger partial charge in [-0.15, -0.1) is 0 Å². The maximum atomic E-state index is 12.9. The molecular formula is C20H30N2O4. The third kappa shape index (κ3) is 4.89. The number of carbonyl (C=O) groups excluding carboxylic acids is 1. The van der Waals surface area contributed by atoms with Gasteiger partial charge in [-0.3, -0.25) is 4.79 Å². The average molecular weight is 362 g/mol. The maximum Gasteiger partial charge on any atom is 0.231 e. The first-order chi connectivity index (χ1) is 12.7. The Hall–Kier alpha value is -1.79. The van der Waals surface area contributed by atoms with E-state index in [1.54, 1.807) is 7.11 Å². The van der Waals surface area contributed by atoms with E-state index in [1.807, 2.05) is 23.1 Å². The fourth-order valence-corrected chi connectivity index (χ4v) is 3.74. The topological polar surface area (TPSA) is 60.0 Å². The molecule has 0 spiro atoms. The predicted octanol–water partition coefficient (Wildman–Crippen LogP) is 2.42. The molecular weight excluding hydrogens is 332 g/mol. The summed E-state index contributed by atoms with van der Waals surface area (Å²) < 4.78 is 16.0. The number of hydrogen-bond acceptors (Lipinski definition) is 5. The van der Waals surface area contributed by atoms with E-state index in [9.17, 15) is 4.79 Å². The summed E-state index contributed by atoms with van der Waals surface area (Å²) in [6, 6.07) is 5.87. The van der Waals surface area contributed by atoms with Crippen LogP contribution in [0.3, 0.4) is 0 Å². The molecule has 6 heteroatoms. The second-order valence-corrected chi connectivity index (χ2v) is 7.26. The summed E-state index contributed by atoms with van der Waals surface area (Å²) in [6.07, 6.45) is 2.92. The highest BCUT2D eigenvalue weighted by Gasteiger charge is 2.25. The highest BCUT2D eigenvalue weighted by molar-refractivity contribution is 5.76. The Morgan fingerprint density at radius 2 is 2.08 bits per heavy atom. The van der Waals surface area contributed by atoms with Gasteiger partial charge in [0.25, 0.3) is 0 Å². The third-order valence-electron chi connectivity index (χ3n) is 5.41. The van der Waals surface area contributed by atoms with E-state index in [1.165, 1.54) is 0 Å². The van der Waals surface area contributed by atoms with Crippen LogP contribution in [-0.2, 0) is 16.1 Å². The number of piperidine rings is 1. The van der Waals surface area contributed by atoms with Gasteiger partial charge in [-0.1, -0.05) is 13.0 Å². The van der Waals surface area contributed by atoms with Crippen molar-refractivity contribution in [3.05, 3.63) is 23.8 Å². The molecule has 144 valence electrons. The van der Waals surface area contributed by atoms with E-state index in [4.69, 9.17) is 14.2 Å². The van der Waals surface area contributed by atoms with Crippen LogP contribution in [0.15, 0.2) is 18.2 Å². The van der Waals surface area contributed by atoms with Crippen molar-refractivity contribution < 1.29 is 19.0 Å². The number of benzene rings is 1. The maximum absolute atomic E-state index is 12.9. The smallest absolute Gasteiger partial charge is 0.231 e. The molecule has 2 aliphatic rings. The Labute approximate surface area is 155 Å². The second-order valence-electron chi connectivity index (χ2n) is 7.26. The van der Waals surface area contributed by atoms with E-state index in [2.05, 4.69) is 12.2 Å². The van der Waals surface area contributed by atoms with E-state index in [-0.39, 0.29) is 12.7 Å². The lowest BCUT2D eigenvalue weighted by Crippen LogP contribution is -2.37. The third-order valence-corrected chi connectivity index (χ3v) is 5.41. The summed E-state index contributed by atoms with van der Waals surface area (Å²) in [7, 11) is 1.67. The lowest BCUT2D eigenvalue weighted by Gasteiger charge is -2.30. The summed E-state index contributed by atoms with van der Waals surface area (Å²) in [5, 5.41) is 3.39. The van der Waals surface area contributed by atoms with E-state index in [0.29, 0.717) is 38.0 Å². The average Bonchev–Trinajstić information content (AvgIpc) is 3.13. The zero-order valence-electron chi connectivity index (χ0n) is 15.8. The molecule has 1 amide bonds. The predicted molar refractivity (Wildman–Crippen MR) is 99.2 cm³/mol. The van der Waals surface area contributed by atoms with E-state index < -0.39 is 0 Å². The van der Waals surface area contributed by atoms with Crippen molar-refractivity contribution in [3.63, 3.8) is 0 Å². The van der Waals surface area contributed by atoms with E-state index in [0.717, 1.165) is 43.0 Å². The van der Waals surface area contributed by atoms with Gasteiger partial charge in [0.05, 0.1) is 6.61 Å². The molecule has 0 bridgehead atoms. The quantitative estimate of drug-likeness (QED) is 0.770. The zero-order chi connectivity index (χ0) is 18.4. The monoisotopic (exact) mass is 362 g/mol. The standard InChI is InChI=1S/C20H30N2O4/c1-15(17-5-7-21-8-6-17)11-20(23)22(9-10-24-2)13-16-3-4-18-19(12-16)26-14-25-18/h3-4,12,15,17,21H,5-11,13-14H2,1-2H3. The summed E-state index contributed by atoms with van der Waals surface area (Å²) >= 11 is 0. The number of hydrogen-bond donors (Lipinski definition) is 1. The van der Waals surface area contributed by atoms with Crippen molar-refractivity contribution in [2.24, 2.45) is 11.8 Å². The molecule has 1 fully saturated rings. The van der Waals surface area contributed by atoms with Gasteiger partial charge in [-0.05, 0) is 55.5 Å². The lowest BCUT2D eigenvalue weighted by atomic mass is 9.84. The van der Waals surface area contributed by atoms with Crippen LogP contribution in [0.4, 0.5) is 0 Å². The lowest BCUT2D eigenvalue weighted by molar-refractivity contribution is -0.133. The molecule has 0 aromatic heterocycles. The molecule has 1 aromatic carbocycles. The highest BCUT2D eigenvalue weighted by atomic mass is 16.7. The number of methoxy groups -OCH3 is 1. The molecule has 2 aliphatic heterocycles. The van der Waals surface area contributed by atoms with Gasteiger partial charge in [0.2, 0.25) is 12.7 Å². The molecule has 1 unspecified atom stereocenters. The number of carbonyl (C=O) groups is 1. The molecule has 0 aliphatic carbocycles. The van der Waals surface area contributed by atoms with Crippen LogP contribution in [-0.4, -0.2) is 51.0 Å². The number of nitrogens with zero attached hydrogens (tertiary/aromatic N) is 1. The molecule has 1 N–H and O–H groups in total. The van der Waals surface area contributed by atoms with E-state index >= 15 is 0 Å². The van der Waals surface area contributed by atoms with Gasteiger partial charge < -0.3 is 24.4 Å². The molecule has 2 heterocycles. The largest absolute Gasteiger partial charge is 0.454 e. The van der Waals surface area contributed by atoms with Crippen molar-refractivity contribution in [2.75, 3.05) is 40.1 Å². The van der Waals surface area contributed by atoms with Crippen LogP contribution in [0.2, 0.25) is 0 Å². The first-order valence-electron chi connectivity index (χ1n) is 9.53. The van der Waals surface area contributed by atoms with Crippen LogP contribution in [0, 0.1) is 11.8 Å². The molecule has 1 atom stereocenters. The van der Waals surface area contributed by atoms with Crippen LogP contribution in [0.1, 0.15) is 31.7 Å². The van der Waals surface area contributed by atoms with Gasteiger partial charge in [-0.25, -0.2) is 0 Å². The fraction of sp³-hybridized carbons (Fsp3) is 0.650. The molecule has 3 rings (SSSR count). The zero-order valence-corrected chi connectivity index (χ0v) is 15.8. The Balaban J connectivity index is 1.61. The molecule has 6 nitrogen and oxygen atoms in total. The summed E-state index contributed by atoms with van der Waals surface area (Å²) in [6.45, 7) is 6.31. The van der Waals surface area contributed by atoms with Crippen molar-refractivity contribution >= 4 is 5.91 Å². The SMILES string of the molecule is COCCN(Cc1ccc2c(c1)OCO2)C(=O)CC(C)C1CCNCC1. The van der Waals surface area contributed by atoms with Gasteiger partial charge in [0.15, 0.2) is 11.5 Å². The molecule has 26 heavy (non-hydrogen) atoms. The summed E-state index contributed by atoms with van der Waals surface area (Å²) in [4.78, 5) is 14.8. The van der Waals surface area contributed by atoms with Crippen molar-refractivity contribution in [1.29, 1.82) is 0 Å². The van der Waals surface area contributed by atoms with Crippen LogP contribution >= 0.6 is 0 Å².